The molecule has 0 bridgehead atoms. The molecule has 23 heavy (non-hydrogen) atoms. The first-order valence-electron chi connectivity index (χ1n) is 7.33. The van der Waals surface area contributed by atoms with Crippen molar-refractivity contribution in [1.82, 2.24) is 4.98 Å². The van der Waals surface area contributed by atoms with Gasteiger partial charge in [-0.05, 0) is 29.8 Å². The van der Waals surface area contributed by atoms with Gasteiger partial charge >= 0.3 is 0 Å². The number of nitrogens with one attached hydrogen (secondary N) is 2. The first-order valence-corrected chi connectivity index (χ1v) is 7.33. The molecule has 0 aliphatic carbocycles. The van der Waals surface area contributed by atoms with Crippen molar-refractivity contribution >= 4 is 28.2 Å². The predicted molar refractivity (Wildman–Crippen MR) is 85.3 cm³/mol. The number of carbonyl (C=O) groups excluding carboxylic acids is 2. The van der Waals surface area contributed by atoms with Crippen LogP contribution in [0.1, 0.15) is 21.8 Å². The highest BCUT2D eigenvalue weighted by Crippen LogP contribution is 2.33. The second-order valence-corrected chi connectivity index (χ2v) is 5.61. The van der Waals surface area contributed by atoms with E-state index in [0.29, 0.717) is 23.4 Å². The summed E-state index contributed by atoms with van der Waals surface area (Å²) < 4.78 is 13.5. The number of hydrogen-bond acceptors (Lipinski definition) is 3. The number of anilines is 1. The number of para-hydroxylation sites is 1. The molecule has 0 spiro atoms. The lowest BCUT2D eigenvalue weighted by Gasteiger charge is -2.08. The molecule has 0 radical (unpaired) electrons. The molecule has 4 nitrogen and oxygen atoms in total. The fourth-order valence-electron chi connectivity index (χ4n) is 3.09. The zero-order chi connectivity index (χ0) is 16.0. The van der Waals surface area contributed by atoms with Crippen LogP contribution in [0.3, 0.4) is 0 Å². The Morgan fingerprint density at radius 3 is 2.83 bits per heavy atom. The van der Waals surface area contributed by atoms with Gasteiger partial charge < -0.3 is 10.3 Å². The number of carbonyl (C=O) groups is 2. The van der Waals surface area contributed by atoms with Crippen LogP contribution in [0.2, 0.25) is 0 Å². The topological polar surface area (TPSA) is 62.0 Å². The Kier molecular flexibility index (Phi) is 3.01. The summed E-state index contributed by atoms with van der Waals surface area (Å²) in [6.07, 6.45) is 1.56. The Morgan fingerprint density at radius 2 is 1.96 bits per heavy atom. The molecule has 0 saturated carbocycles. The predicted octanol–water partition coefficient (Wildman–Crippen LogP) is 3.27. The van der Waals surface area contributed by atoms with Crippen molar-refractivity contribution in [1.29, 1.82) is 0 Å². The number of Topliss-reactive ketones (excluding diaryl/α,β-unsaturated/α-hetero) is 2. The third-order valence-electron chi connectivity index (χ3n) is 4.26. The number of rotatable bonds is 3. The smallest absolute Gasteiger partial charge is 0.231 e. The Balaban J connectivity index is 1.71. The number of ketones is 2. The van der Waals surface area contributed by atoms with Gasteiger partial charge in [0.2, 0.25) is 11.6 Å². The number of halogens is 1. The first-order chi connectivity index (χ1) is 11.1. The van der Waals surface area contributed by atoms with Crippen LogP contribution in [0, 0.1) is 5.82 Å². The molecule has 2 heterocycles. The lowest BCUT2D eigenvalue weighted by Crippen LogP contribution is -2.23. The molecule has 2 N–H and O–H groups in total. The van der Waals surface area contributed by atoms with Crippen molar-refractivity contribution in [3.05, 3.63) is 65.6 Å². The summed E-state index contributed by atoms with van der Waals surface area (Å²) in [7, 11) is 0. The average molecular weight is 308 g/mol. The van der Waals surface area contributed by atoms with Crippen LogP contribution >= 0.6 is 0 Å². The van der Waals surface area contributed by atoms with Gasteiger partial charge in [-0.1, -0.05) is 18.2 Å². The van der Waals surface area contributed by atoms with E-state index in [1.165, 1.54) is 12.1 Å². The second-order valence-electron chi connectivity index (χ2n) is 5.61. The first kappa shape index (κ1) is 13.7. The summed E-state index contributed by atoms with van der Waals surface area (Å²) in [5.41, 5.74) is 2.41. The molecular weight excluding hydrogens is 295 g/mol. The number of hydrogen-bond donors (Lipinski definition) is 2. The normalized spacial score (nSPS) is 16.1. The highest BCUT2D eigenvalue weighted by atomic mass is 19.1. The van der Waals surface area contributed by atoms with Crippen LogP contribution in [0.5, 0.6) is 0 Å². The third-order valence-corrected chi connectivity index (χ3v) is 4.26. The molecule has 1 aliphatic rings. The maximum atomic E-state index is 13.5. The molecule has 0 fully saturated rings. The van der Waals surface area contributed by atoms with Gasteiger partial charge in [0.1, 0.15) is 5.82 Å². The minimum Gasteiger partial charge on any atom is -0.384 e. The van der Waals surface area contributed by atoms with Crippen LogP contribution in [-0.2, 0) is 4.79 Å². The summed E-state index contributed by atoms with van der Waals surface area (Å²) in [5, 5.41) is 3.77. The van der Waals surface area contributed by atoms with Crippen molar-refractivity contribution < 1.29 is 14.0 Å². The molecular formula is C18H13FN2O2. The van der Waals surface area contributed by atoms with E-state index in [4.69, 9.17) is 0 Å². The largest absolute Gasteiger partial charge is 0.384 e. The fraction of sp³-hybridized carbons (Fsp3) is 0.111. The quantitative estimate of drug-likeness (QED) is 0.576. The lowest BCUT2D eigenvalue weighted by molar-refractivity contribution is -0.116. The summed E-state index contributed by atoms with van der Waals surface area (Å²) in [6.45, 7) is 0.311. The maximum Gasteiger partial charge on any atom is 0.231 e. The van der Waals surface area contributed by atoms with E-state index >= 15 is 0 Å². The molecule has 2 aromatic carbocycles. The number of fused-ring (bicyclic) bond motifs is 2. The van der Waals surface area contributed by atoms with E-state index in [1.807, 2.05) is 18.2 Å². The van der Waals surface area contributed by atoms with Crippen molar-refractivity contribution in [2.45, 2.75) is 5.92 Å². The number of H-pyrrole nitrogens is 1. The van der Waals surface area contributed by atoms with E-state index in [1.54, 1.807) is 18.3 Å². The number of benzene rings is 2. The van der Waals surface area contributed by atoms with Crippen LogP contribution in [0.4, 0.5) is 10.1 Å². The molecule has 4 rings (SSSR count). The SMILES string of the molecule is O=C(C(=O)C1CNc2ccc(F)cc21)c1c[nH]c2ccccc12. The van der Waals surface area contributed by atoms with Gasteiger partial charge in [-0.15, -0.1) is 0 Å². The molecule has 0 saturated heterocycles. The Bertz CT molecular complexity index is 945. The van der Waals surface area contributed by atoms with E-state index in [9.17, 15) is 14.0 Å². The molecule has 1 atom stereocenters. The van der Waals surface area contributed by atoms with E-state index in [-0.39, 0.29) is 0 Å². The summed E-state index contributed by atoms with van der Waals surface area (Å²) in [4.78, 5) is 28.2. The van der Waals surface area contributed by atoms with Crippen LogP contribution in [-0.4, -0.2) is 23.1 Å². The molecule has 114 valence electrons. The molecule has 3 aromatic rings. The molecule has 5 heteroatoms. The number of aromatic nitrogens is 1. The van der Waals surface area contributed by atoms with Crippen molar-refractivity contribution in [2.75, 3.05) is 11.9 Å². The minimum absolute atomic E-state index is 0.311. The standard InChI is InChI=1S/C18H13FN2O2/c19-10-5-6-16-12(7-10)14(9-21-16)18(23)17(22)13-8-20-15-4-2-1-3-11(13)15/h1-8,14,20-21H,9H2. The van der Waals surface area contributed by atoms with Gasteiger partial charge in [0.05, 0.1) is 11.5 Å². The van der Waals surface area contributed by atoms with E-state index in [0.717, 1.165) is 10.9 Å². The second kappa shape index (κ2) is 5.05. The van der Waals surface area contributed by atoms with E-state index < -0.39 is 23.3 Å². The van der Waals surface area contributed by atoms with Gasteiger partial charge in [-0.3, -0.25) is 9.59 Å². The van der Waals surface area contributed by atoms with Crippen LogP contribution in [0.25, 0.3) is 10.9 Å². The maximum absolute atomic E-state index is 13.5. The zero-order valence-electron chi connectivity index (χ0n) is 12.1. The van der Waals surface area contributed by atoms with Crippen molar-refractivity contribution in [3.8, 4) is 0 Å². The average Bonchev–Trinajstić information content (AvgIpc) is 3.17. The fourth-order valence-corrected chi connectivity index (χ4v) is 3.09. The van der Waals surface area contributed by atoms with Gasteiger partial charge in [0, 0.05) is 29.3 Å². The summed E-state index contributed by atoms with van der Waals surface area (Å²) >= 11 is 0. The zero-order valence-corrected chi connectivity index (χ0v) is 12.1. The third kappa shape index (κ3) is 2.12. The molecule has 0 amide bonds. The van der Waals surface area contributed by atoms with E-state index in [2.05, 4.69) is 10.3 Å². The monoisotopic (exact) mass is 308 g/mol. The Labute approximate surface area is 131 Å². The van der Waals surface area contributed by atoms with Gasteiger partial charge in [0.15, 0.2) is 0 Å². The minimum atomic E-state index is -0.651. The van der Waals surface area contributed by atoms with Crippen molar-refractivity contribution in [3.63, 3.8) is 0 Å². The molecule has 1 unspecified atom stereocenters. The van der Waals surface area contributed by atoms with Crippen LogP contribution in [0.15, 0.2) is 48.7 Å². The van der Waals surface area contributed by atoms with Gasteiger partial charge in [-0.25, -0.2) is 4.39 Å². The highest BCUT2D eigenvalue weighted by molar-refractivity contribution is 6.47. The molecule has 1 aromatic heterocycles. The van der Waals surface area contributed by atoms with Crippen molar-refractivity contribution in [2.24, 2.45) is 0 Å². The number of aromatic amines is 1. The lowest BCUT2D eigenvalue weighted by atomic mass is 9.91. The Hall–Kier alpha value is -2.95. The highest BCUT2D eigenvalue weighted by Gasteiger charge is 2.34. The van der Waals surface area contributed by atoms with Crippen LogP contribution < -0.4 is 5.32 Å². The molecule has 1 aliphatic heterocycles. The van der Waals surface area contributed by atoms with Gasteiger partial charge in [-0.2, -0.15) is 0 Å². The summed E-state index contributed by atoms with van der Waals surface area (Å²) in [5.74, 6) is -2.13. The van der Waals surface area contributed by atoms with Gasteiger partial charge in [0.25, 0.3) is 0 Å². The summed E-state index contributed by atoms with van der Waals surface area (Å²) in [6, 6.07) is 11.6. The Morgan fingerprint density at radius 1 is 1.13 bits per heavy atom.